The molecule has 33 heavy (non-hydrogen) atoms. The fourth-order valence-electron chi connectivity index (χ4n) is 4.04. The molecule has 0 N–H and O–H groups in total. The molecule has 7 heteroatoms. The van der Waals surface area contributed by atoms with Crippen molar-refractivity contribution in [3.05, 3.63) is 74.6 Å². The number of fused-ring (bicyclic) bond motifs is 1. The van der Waals surface area contributed by atoms with E-state index in [-0.39, 0.29) is 24.4 Å². The molecule has 3 aromatic rings. The summed E-state index contributed by atoms with van der Waals surface area (Å²) in [6.07, 6.45) is 1.70. The Balaban J connectivity index is 1.51. The molecule has 5 nitrogen and oxygen atoms in total. The van der Waals surface area contributed by atoms with Crippen LogP contribution in [0.4, 0.5) is 0 Å². The van der Waals surface area contributed by atoms with Crippen molar-refractivity contribution in [1.29, 1.82) is 0 Å². The molecule has 0 saturated heterocycles. The Morgan fingerprint density at radius 2 is 1.91 bits per heavy atom. The van der Waals surface area contributed by atoms with Crippen LogP contribution < -0.4 is 4.74 Å². The number of amides is 2. The lowest BCUT2D eigenvalue weighted by molar-refractivity contribution is -0.135. The molecule has 0 bridgehead atoms. The minimum atomic E-state index is -0.156. The third kappa shape index (κ3) is 5.84. The number of carbonyl (C=O) groups excluding carboxylic acids is 2. The van der Waals surface area contributed by atoms with Gasteiger partial charge in [-0.1, -0.05) is 38.1 Å². The van der Waals surface area contributed by atoms with Crippen molar-refractivity contribution in [1.82, 2.24) is 9.80 Å². The fraction of sp³-hybridized carbons (Fsp3) is 0.385. The smallest absolute Gasteiger partial charge is 0.264 e. The molecule has 174 valence electrons. The van der Waals surface area contributed by atoms with Crippen molar-refractivity contribution < 1.29 is 14.3 Å². The summed E-state index contributed by atoms with van der Waals surface area (Å²) in [5.74, 6) is 1.15. The van der Waals surface area contributed by atoms with Gasteiger partial charge in [0.1, 0.15) is 18.9 Å². The number of ether oxygens (including phenoxy) is 1. The minimum Gasteiger partial charge on any atom is -0.491 e. The molecule has 0 spiro atoms. The highest BCUT2D eigenvalue weighted by Crippen LogP contribution is 2.34. The van der Waals surface area contributed by atoms with Crippen LogP contribution >= 0.6 is 22.7 Å². The Kier molecular flexibility index (Phi) is 7.83. The molecule has 0 fully saturated rings. The van der Waals surface area contributed by atoms with Gasteiger partial charge in [0.2, 0.25) is 5.91 Å². The maximum Gasteiger partial charge on any atom is 0.264 e. The van der Waals surface area contributed by atoms with Crippen LogP contribution in [0, 0.1) is 5.92 Å². The zero-order valence-corrected chi connectivity index (χ0v) is 20.7. The van der Waals surface area contributed by atoms with E-state index in [1.165, 1.54) is 16.2 Å². The van der Waals surface area contributed by atoms with Gasteiger partial charge in [-0.05, 0) is 59.3 Å². The molecular formula is C26H30N2O3S2. The predicted octanol–water partition coefficient (Wildman–Crippen LogP) is 5.50. The van der Waals surface area contributed by atoms with Crippen LogP contribution in [0.15, 0.2) is 59.3 Å². The fourth-order valence-corrected chi connectivity index (χ4v) is 5.66. The van der Waals surface area contributed by atoms with Crippen LogP contribution in [0.2, 0.25) is 0 Å². The van der Waals surface area contributed by atoms with Gasteiger partial charge in [0.05, 0.1) is 10.9 Å². The summed E-state index contributed by atoms with van der Waals surface area (Å²) in [7, 11) is 0. The lowest BCUT2D eigenvalue weighted by atomic mass is 10.0. The number of benzene rings is 1. The average Bonchev–Trinajstić information content (AvgIpc) is 3.52. The van der Waals surface area contributed by atoms with Crippen LogP contribution in [0.25, 0.3) is 0 Å². The summed E-state index contributed by atoms with van der Waals surface area (Å²) < 4.78 is 6.07. The van der Waals surface area contributed by atoms with Gasteiger partial charge >= 0.3 is 0 Å². The standard InChI is InChI=1S/C26H30N2O3S2/c1-19(2)10-13-27(26(30)24-9-6-15-32-24)17-25(29)28-14-11-23-21(12-16-33-23)22(28)18-31-20-7-4-3-5-8-20/h3-9,12,15-16,19,22H,10-11,13-14,17-18H2,1-2H3/t22-/m0/s1. The second-order valence-electron chi connectivity index (χ2n) is 8.66. The van der Waals surface area contributed by atoms with E-state index < -0.39 is 0 Å². The Hall–Kier alpha value is -2.64. The summed E-state index contributed by atoms with van der Waals surface area (Å²) >= 11 is 3.16. The van der Waals surface area contributed by atoms with Gasteiger partial charge in [0.25, 0.3) is 5.91 Å². The zero-order chi connectivity index (χ0) is 23.2. The molecular weight excluding hydrogens is 452 g/mol. The summed E-state index contributed by atoms with van der Waals surface area (Å²) in [4.78, 5) is 32.3. The molecule has 0 radical (unpaired) electrons. The quantitative estimate of drug-likeness (QED) is 0.404. The zero-order valence-electron chi connectivity index (χ0n) is 19.1. The molecule has 0 aliphatic carbocycles. The molecule has 4 rings (SSSR count). The van der Waals surface area contributed by atoms with Gasteiger partial charge < -0.3 is 14.5 Å². The molecule has 0 saturated carbocycles. The van der Waals surface area contributed by atoms with Gasteiger partial charge in [0.15, 0.2) is 0 Å². The number of hydrogen-bond acceptors (Lipinski definition) is 5. The van der Waals surface area contributed by atoms with Crippen molar-refractivity contribution in [3.8, 4) is 5.75 Å². The van der Waals surface area contributed by atoms with E-state index in [4.69, 9.17) is 4.74 Å². The van der Waals surface area contributed by atoms with Gasteiger partial charge in [-0.3, -0.25) is 9.59 Å². The van der Waals surface area contributed by atoms with Crippen LogP contribution in [0.5, 0.6) is 5.75 Å². The Labute approximate surface area is 203 Å². The summed E-state index contributed by atoms with van der Waals surface area (Å²) in [6.45, 7) is 5.96. The van der Waals surface area contributed by atoms with Crippen LogP contribution in [0.1, 0.15) is 46.4 Å². The summed E-state index contributed by atoms with van der Waals surface area (Å²) in [5.41, 5.74) is 1.16. The van der Waals surface area contributed by atoms with Crippen LogP contribution in [-0.2, 0) is 11.2 Å². The number of thiophene rings is 2. The second-order valence-corrected chi connectivity index (χ2v) is 10.6. The monoisotopic (exact) mass is 482 g/mol. The van der Waals surface area contributed by atoms with E-state index in [2.05, 4.69) is 25.3 Å². The lowest BCUT2D eigenvalue weighted by Gasteiger charge is -2.37. The average molecular weight is 483 g/mol. The molecule has 3 heterocycles. The molecule has 1 aliphatic rings. The van der Waals surface area contributed by atoms with Crippen molar-refractivity contribution in [2.45, 2.75) is 32.7 Å². The van der Waals surface area contributed by atoms with E-state index >= 15 is 0 Å². The van der Waals surface area contributed by atoms with Crippen molar-refractivity contribution in [3.63, 3.8) is 0 Å². The first-order valence-electron chi connectivity index (χ1n) is 11.4. The highest BCUT2D eigenvalue weighted by Gasteiger charge is 2.33. The van der Waals surface area contributed by atoms with E-state index in [0.717, 1.165) is 24.2 Å². The van der Waals surface area contributed by atoms with E-state index in [9.17, 15) is 9.59 Å². The summed E-state index contributed by atoms with van der Waals surface area (Å²) in [5, 5.41) is 3.98. The number of hydrogen-bond donors (Lipinski definition) is 0. The van der Waals surface area contributed by atoms with Gasteiger partial charge in [0, 0.05) is 18.0 Å². The van der Waals surface area contributed by atoms with Gasteiger partial charge in [-0.25, -0.2) is 0 Å². The predicted molar refractivity (Wildman–Crippen MR) is 134 cm³/mol. The first kappa shape index (κ1) is 23.5. The minimum absolute atomic E-state index is 0.0258. The summed E-state index contributed by atoms with van der Waals surface area (Å²) in [6, 6.07) is 15.3. The second kappa shape index (κ2) is 11.0. The Morgan fingerprint density at radius 1 is 1.09 bits per heavy atom. The molecule has 1 atom stereocenters. The Bertz CT molecular complexity index is 1050. The molecule has 2 amide bonds. The number of carbonyl (C=O) groups is 2. The highest BCUT2D eigenvalue weighted by molar-refractivity contribution is 7.12. The SMILES string of the molecule is CC(C)CCN(CC(=O)N1CCc2sccc2[C@@H]1COc1ccccc1)C(=O)c1cccs1. The maximum absolute atomic E-state index is 13.6. The van der Waals surface area contributed by atoms with E-state index in [1.54, 1.807) is 16.2 Å². The lowest BCUT2D eigenvalue weighted by Crippen LogP contribution is -2.48. The number of para-hydroxylation sites is 1. The third-order valence-corrected chi connectivity index (χ3v) is 7.74. The first-order chi connectivity index (χ1) is 16.0. The van der Waals surface area contributed by atoms with E-state index in [1.807, 2.05) is 52.7 Å². The molecule has 1 aliphatic heterocycles. The first-order valence-corrected chi connectivity index (χ1v) is 13.1. The van der Waals surface area contributed by atoms with Gasteiger partial charge in [-0.15, -0.1) is 22.7 Å². The largest absolute Gasteiger partial charge is 0.491 e. The van der Waals surface area contributed by atoms with Crippen molar-refractivity contribution >= 4 is 34.5 Å². The number of nitrogens with zero attached hydrogens (tertiary/aromatic N) is 2. The maximum atomic E-state index is 13.6. The van der Waals surface area contributed by atoms with Crippen molar-refractivity contribution in [2.24, 2.45) is 5.92 Å². The Morgan fingerprint density at radius 3 is 2.64 bits per heavy atom. The normalized spacial score (nSPS) is 15.4. The topological polar surface area (TPSA) is 49.9 Å². The van der Waals surface area contributed by atoms with E-state index in [0.29, 0.717) is 30.5 Å². The van der Waals surface area contributed by atoms with Crippen molar-refractivity contribution in [2.75, 3.05) is 26.2 Å². The number of rotatable bonds is 9. The molecule has 2 aromatic heterocycles. The van der Waals surface area contributed by atoms with Gasteiger partial charge in [-0.2, -0.15) is 0 Å². The van der Waals surface area contributed by atoms with Crippen LogP contribution in [0.3, 0.4) is 0 Å². The highest BCUT2D eigenvalue weighted by atomic mass is 32.1. The third-order valence-electron chi connectivity index (χ3n) is 5.89. The molecule has 1 aromatic carbocycles. The van der Waals surface area contributed by atoms with Crippen LogP contribution in [-0.4, -0.2) is 47.9 Å². The molecule has 0 unspecified atom stereocenters.